The van der Waals surface area contributed by atoms with E-state index in [0.717, 1.165) is 4.47 Å². The minimum absolute atomic E-state index is 0.116. The van der Waals surface area contributed by atoms with Crippen LogP contribution in [0.4, 0.5) is 10.1 Å². The predicted molar refractivity (Wildman–Crippen MR) is 104 cm³/mol. The second kappa shape index (κ2) is 8.52. The average molecular weight is 435 g/mol. The number of ether oxygens (including phenoxy) is 1. The number of hydrogen-bond donors (Lipinski definition) is 1. The van der Waals surface area contributed by atoms with Gasteiger partial charge in [0.25, 0.3) is 0 Å². The van der Waals surface area contributed by atoms with Crippen molar-refractivity contribution in [3.05, 3.63) is 58.3 Å². The van der Waals surface area contributed by atoms with Crippen molar-refractivity contribution in [3.8, 4) is 5.75 Å². The van der Waals surface area contributed by atoms with Gasteiger partial charge >= 0.3 is 0 Å². The van der Waals surface area contributed by atoms with Gasteiger partial charge in [0, 0.05) is 24.0 Å². The van der Waals surface area contributed by atoms with E-state index < -0.39 is 5.92 Å². The van der Waals surface area contributed by atoms with Crippen molar-refractivity contribution in [2.24, 2.45) is 5.92 Å². The van der Waals surface area contributed by atoms with Gasteiger partial charge in [0.2, 0.25) is 11.8 Å². The summed E-state index contributed by atoms with van der Waals surface area (Å²) in [5.41, 5.74) is 1.32. The topological polar surface area (TPSA) is 58.6 Å². The second-order valence-corrected chi connectivity index (χ2v) is 7.11. The molecule has 0 radical (unpaired) electrons. The van der Waals surface area contributed by atoms with Crippen molar-refractivity contribution in [3.63, 3.8) is 0 Å². The van der Waals surface area contributed by atoms with E-state index in [1.165, 1.54) is 12.1 Å². The molecular weight excluding hydrogens is 415 g/mol. The maximum Gasteiger partial charge on any atom is 0.227 e. The summed E-state index contributed by atoms with van der Waals surface area (Å²) in [4.78, 5) is 26.6. The Morgan fingerprint density at radius 1 is 1.33 bits per heavy atom. The van der Waals surface area contributed by atoms with Crippen molar-refractivity contribution >= 4 is 33.4 Å². The molecule has 0 aromatic heterocycles. The monoisotopic (exact) mass is 434 g/mol. The quantitative estimate of drug-likeness (QED) is 0.754. The Hall–Kier alpha value is -2.41. The maximum atomic E-state index is 13.4. The van der Waals surface area contributed by atoms with E-state index in [9.17, 15) is 14.0 Å². The molecule has 2 aromatic carbocycles. The van der Waals surface area contributed by atoms with E-state index in [2.05, 4.69) is 21.2 Å². The number of carbonyl (C=O) groups is 2. The summed E-state index contributed by atoms with van der Waals surface area (Å²) in [5.74, 6) is -0.542. The van der Waals surface area contributed by atoms with Crippen LogP contribution in [0.3, 0.4) is 0 Å². The van der Waals surface area contributed by atoms with Gasteiger partial charge in [-0.15, -0.1) is 0 Å². The molecule has 2 aromatic rings. The molecule has 1 aliphatic rings. The van der Waals surface area contributed by atoms with Crippen LogP contribution in [-0.4, -0.2) is 25.0 Å². The summed E-state index contributed by atoms with van der Waals surface area (Å²) in [5, 5.41) is 2.80. The lowest BCUT2D eigenvalue weighted by molar-refractivity contribution is -0.126. The molecule has 1 saturated heterocycles. The Labute approximate surface area is 165 Å². The zero-order valence-electron chi connectivity index (χ0n) is 14.9. The van der Waals surface area contributed by atoms with Crippen LogP contribution in [0.1, 0.15) is 18.9 Å². The first-order valence-corrected chi connectivity index (χ1v) is 9.52. The highest BCUT2D eigenvalue weighted by Crippen LogP contribution is 2.33. The van der Waals surface area contributed by atoms with Gasteiger partial charge in [-0.25, -0.2) is 4.39 Å². The first-order chi connectivity index (χ1) is 13.0. The largest absolute Gasteiger partial charge is 0.492 e. The van der Waals surface area contributed by atoms with Gasteiger partial charge in [0.05, 0.1) is 18.2 Å². The van der Waals surface area contributed by atoms with Crippen LogP contribution >= 0.6 is 15.9 Å². The molecule has 3 rings (SSSR count). The predicted octanol–water partition coefficient (Wildman–Crippen LogP) is 3.66. The summed E-state index contributed by atoms with van der Waals surface area (Å²) in [6.07, 6.45) is 0.136. The molecule has 2 amide bonds. The molecule has 142 valence electrons. The highest BCUT2D eigenvalue weighted by atomic mass is 79.9. The molecule has 7 heteroatoms. The number of anilines is 1. The lowest BCUT2D eigenvalue weighted by Gasteiger charge is -2.20. The summed E-state index contributed by atoms with van der Waals surface area (Å²) in [6, 6.07) is 11.6. The van der Waals surface area contributed by atoms with E-state index in [4.69, 9.17) is 4.74 Å². The van der Waals surface area contributed by atoms with Crippen LogP contribution in [0.2, 0.25) is 0 Å². The molecule has 1 aliphatic heterocycles. The zero-order chi connectivity index (χ0) is 19.4. The third kappa shape index (κ3) is 4.47. The normalized spacial score (nSPS) is 16.5. The first-order valence-electron chi connectivity index (χ1n) is 8.73. The molecule has 1 unspecified atom stereocenters. The molecule has 1 heterocycles. The van der Waals surface area contributed by atoms with E-state index in [1.807, 2.05) is 25.1 Å². The van der Waals surface area contributed by atoms with Crippen LogP contribution in [0, 0.1) is 11.7 Å². The maximum absolute atomic E-state index is 13.4. The molecule has 0 spiro atoms. The van der Waals surface area contributed by atoms with E-state index in [0.29, 0.717) is 30.2 Å². The lowest BCUT2D eigenvalue weighted by Crippen LogP contribution is -2.32. The van der Waals surface area contributed by atoms with Gasteiger partial charge in [0.1, 0.15) is 11.6 Å². The molecule has 1 fully saturated rings. The Morgan fingerprint density at radius 2 is 2.11 bits per heavy atom. The van der Waals surface area contributed by atoms with Gasteiger partial charge in [-0.2, -0.15) is 0 Å². The smallest absolute Gasteiger partial charge is 0.227 e. The van der Waals surface area contributed by atoms with Crippen LogP contribution in [0.5, 0.6) is 5.75 Å². The van der Waals surface area contributed by atoms with Crippen molar-refractivity contribution in [1.82, 2.24) is 5.32 Å². The third-order valence-electron chi connectivity index (χ3n) is 4.41. The van der Waals surface area contributed by atoms with E-state index in [1.54, 1.807) is 17.0 Å². The highest BCUT2D eigenvalue weighted by molar-refractivity contribution is 9.10. The fraction of sp³-hybridized carbons (Fsp3) is 0.300. The Balaban J connectivity index is 1.66. The fourth-order valence-electron chi connectivity index (χ4n) is 3.08. The molecular formula is C20H20BrFN2O3. The lowest BCUT2D eigenvalue weighted by atomic mass is 10.1. The summed E-state index contributed by atoms with van der Waals surface area (Å²) in [6.45, 7) is 2.85. The van der Waals surface area contributed by atoms with Gasteiger partial charge in [-0.1, -0.05) is 28.1 Å². The number of carbonyl (C=O) groups excluding carboxylic acids is 2. The molecule has 0 bridgehead atoms. The molecule has 5 nitrogen and oxygen atoms in total. The minimum Gasteiger partial charge on any atom is -0.492 e. The minimum atomic E-state index is -0.459. The van der Waals surface area contributed by atoms with Gasteiger partial charge in [-0.05, 0) is 42.8 Å². The van der Waals surface area contributed by atoms with Crippen LogP contribution in [0.15, 0.2) is 46.9 Å². The molecule has 1 atom stereocenters. The summed E-state index contributed by atoms with van der Waals surface area (Å²) in [7, 11) is 0. The number of halogens is 2. The van der Waals surface area contributed by atoms with Crippen molar-refractivity contribution in [2.75, 3.05) is 18.1 Å². The number of para-hydroxylation sites is 2. The van der Waals surface area contributed by atoms with Gasteiger partial charge in [-0.3, -0.25) is 9.59 Å². The zero-order valence-corrected chi connectivity index (χ0v) is 16.5. The Bertz CT molecular complexity index is 859. The standard InChI is InChI=1S/C20H20BrFN2O3/c1-2-27-18-6-4-3-5-17(18)24-12-14(10-19(24)25)20(26)23-11-13-9-15(22)7-8-16(13)21/h3-9,14H,2,10-12H2,1H3,(H,23,26). The van der Waals surface area contributed by atoms with Crippen molar-refractivity contribution in [2.45, 2.75) is 19.9 Å². The summed E-state index contributed by atoms with van der Waals surface area (Å²) < 4.78 is 19.7. The number of nitrogens with zero attached hydrogens (tertiary/aromatic N) is 1. The van der Waals surface area contributed by atoms with Crippen molar-refractivity contribution in [1.29, 1.82) is 0 Å². The van der Waals surface area contributed by atoms with E-state index in [-0.39, 0.29) is 30.6 Å². The number of benzene rings is 2. The number of amides is 2. The molecule has 27 heavy (non-hydrogen) atoms. The third-order valence-corrected chi connectivity index (χ3v) is 5.19. The molecule has 0 aliphatic carbocycles. The number of nitrogens with one attached hydrogen (secondary N) is 1. The average Bonchev–Trinajstić information content (AvgIpc) is 3.04. The van der Waals surface area contributed by atoms with Crippen LogP contribution < -0.4 is 15.0 Å². The second-order valence-electron chi connectivity index (χ2n) is 6.26. The van der Waals surface area contributed by atoms with Crippen LogP contribution in [0.25, 0.3) is 0 Å². The fourth-order valence-corrected chi connectivity index (χ4v) is 3.47. The van der Waals surface area contributed by atoms with Crippen molar-refractivity contribution < 1.29 is 18.7 Å². The number of rotatable bonds is 6. The van der Waals surface area contributed by atoms with Gasteiger partial charge < -0.3 is 15.0 Å². The molecule has 1 N–H and O–H groups in total. The Kier molecular flexibility index (Phi) is 6.11. The summed E-state index contributed by atoms with van der Waals surface area (Å²) >= 11 is 3.34. The SMILES string of the molecule is CCOc1ccccc1N1CC(C(=O)NCc2cc(F)ccc2Br)CC1=O. The van der Waals surface area contributed by atoms with Gasteiger partial charge in [0.15, 0.2) is 0 Å². The first kappa shape index (κ1) is 19.4. The highest BCUT2D eigenvalue weighted by Gasteiger charge is 2.36. The Morgan fingerprint density at radius 3 is 2.89 bits per heavy atom. The molecule has 0 saturated carbocycles. The van der Waals surface area contributed by atoms with Crippen LogP contribution in [-0.2, 0) is 16.1 Å². The number of hydrogen-bond acceptors (Lipinski definition) is 3. The van der Waals surface area contributed by atoms with E-state index >= 15 is 0 Å².